The van der Waals surface area contributed by atoms with Gasteiger partial charge in [0.25, 0.3) is 11.5 Å². The Balaban J connectivity index is 1.60. The first kappa shape index (κ1) is 18.1. The van der Waals surface area contributed by atoms with Crippen molar-refractivity contribution in [3.05, 3.63) is 27.9 Å². The molecular formula is C18H28N4O3. The van der Waals surface area contributed by atoms with E-state index in [4.69, 9.17) is 4.74 Å². The van der Waals surface area contributed by atoms with Gasteiger partial charge in [-0.3, -0.25) is 14.5 Å². The highest BCUT2D eigenvalue weighted by Gasteiger charge is 2.27. The fourth-order valence-electron chi connectivity index (χ4n) is 3.31. The average Bonchev–Trinajstić information content (AvgIpc) is 3.07. The number of carbonyl (C=O) groups excluding carboxylic acids is 1. The molecule has 0 aliphatic carbocycles. The summed E-state index contributed by atoms with van der Waals surface area (Å²) in [5.41, 5.74) is -0.485. The van der Waals surface area contributed by atoms with Gasteiger partial charge >= 0.3 is 0 Å². The molecule has 0 spiro atoms. The van der Waals surface area contributed by atoms with Crippen molar-refractivity contribution in [1.29, 1.82) is 0 Å². The summed E-state index contributed by atoms with van der Waals surface area (Å²) < 4.78 is 5.68. The Bertz CT molecular complexity index is 666. The van der Waals surface area contributed by atoms with E-state index in [0.29, 0.717) is 25.0 Å². The van der Waals surface area contributed by atoms with Crippen molar-refractivity contribution in [1.82, 2.24) is 19.8 Å². The first-order valence-corrected chi connectivity index (χ1v) is 9.07. The van der Waals surface area contributed by atoms with Gasteiger partial charge in [0.2, 0.25) is 0 Å². The number of aromatic nitrogens is 2. The molecule has 0 aromatic carbocycles. The molecule has 0 radical (unpaired) electrons. The summed E-state index contributed by atoms with van der Waals surface area (Å²) in [4.78, 5) is 36.1. The number of hydrogen-bond acceptors (Lipinski definition) is 5. The predicted molar refractivity (Wildman–Crippen MR) is 94.9 cm³/mol. The van der Waals surface area contributed by atoms with Gasteiger partial charge in [-0.1, -0.05) is 20.8 Å². The van der Waals surface area contributed by atoms with Crippen LogP contribution in [0.4, 0.5) is 0 Å². The number of carbonyl (C=O) groups is 1. The fraction of sp³-hybridized carbons (Fsp3) is 0.722. The normalized spacial score (nSPS) is 22.4. The molecule has 1 aromatic rings. The van der Waals surface area contributed by atoms with E-state index >= 15 is 0 Å². The summed E-state index contributed by atoms with van der Waals surface area (Å²) in [6, 6.07) is 0. The Morgan fingerprint density at radius 3 is 2.60 bits per heavy atom. The topological polar surface area (TPSA) is 78.5 Å². The van der Waals surface area contributed by atoms with Crippen LogP contribution in [0, 0.1) is 0 Å². The molecule has 1 atom stereocenters. The molecule has 2 aliphatic heterocycles. The molecule has 2 fully saturated rings. The Morgan fingerprint density at radius 2 is 2.04 bits per heavy atom. The number of rotatable bonds is 3. The van der Waals surface area contributed by atoms with E-state index in [2.05, 4.69) is 14.9 Å². The SMILES string of the molecule is CC(C)(C)c1ncc(C(=O)N2CCN(CC3CCCO3)CC2)c(=O)[nH]1. The number of nitrogens with one attached hydrogen (secondary N) is 1. The largest absolute Gasteiger partial charge is 0.377 e. The highest BCUT2D eigenvalue weighted by Crippen LogP contribution is 2.17. The quantitative estimate of drug-likeness (QED) is 0.882. The lowest BCUT2D eigenvalue weighted by molar-refractivity contribution is 0.0431. The fourth-order valence-corrected chi connectivity index (χ4v) is 3.31. The van der Waals surface area contributed by atoms with Gasteiger partial charge in [0.05, 0.1) is 6.10 Å². The number of amides is 1. The first-order valence-electron chi connectivity index (χ1n) is 9.07. The van der Waals surface area contributed by atoms with E-state index < -0.39 is 0 Å². The van der Waals surface area contributed by atoms with E-state index in [9.17, 15) is 9.59 Å². The van der Waals surface area contributed by atoms with Gasteiger partial charge in [-0.05, 0) is 12.8 Å². The van der Waals surface area contributed by atoms with Crippen LogP contribution in [-0.4, -0.2) is 71.1 Å². The lowest BCUT2D eigenvalue weighted by atomic mass is 9.96. The van der Waals surface area contributed by atoms with E-state index in [1.807, 2.05) is 20.8 Å². The number of aromatic amines is 1. The second kappa shape index (κ2) is 7.25. The smallest absolute Gasteiger partial charge is 0.263 e. The first-order chi connectivity index (χ1) is 11.8. The van der Waals surface area contributed by atoms with Crippen LogP contribution in [0.25, 0.3) is 0 Å². The molecule has 1 unspecified atom stereocenters. The van der Waals surface area contributed by atoms with Crippen LogP contribution in [0.5, 0.6) is 0 Å². The molecule has 7 nitrogen and oxygen atoms in total. The van der Waals surface area contributed by atoms with Gasteiger partial charge in [-0.25, -0.2) is 4.98 Å². The molecule has 138 valence electrons. The molecule has 2 saturated heterocycles. The monoisotopic (exact) mass is 348 g/mol. The Labute approximate surface area is 148 Å². The Morgan fingerprint density at radius 1 is 1.32 bits per heavy atom. The maximum atomic E-state index is 12.7. The lowest BCUT2D eigenvalue weighted by Crippen LogP contribution is -2.51. The van der Waals surface area contributed by atoms with Gasteiger partial charge in [-0.2, -0.15) is 0 Å². The van der Waals surface area contributed by atoms with Gasteiger partial charge < -0.3 is 14.6 Å². The van der Waals surface area contributed by atoms with Crippen molar-refractivity contribution < 1.29 is 9.53 Å². The van der Waals surface area contributed by atoms with Crippen molar-refractivity contribution in [2.24, 2.45) is 0 Å². The molecule has 25 heavy (non-hydrogen) atoms. The molecule has 0 bridgehead atoms. The lowest BCUT2D eigenvalue weighted by Gasteiger charge is -2.35. The van der Waals surface area contributed by atoms with E-state index in [1.54, 1.807) is 4.90 Å². The predicted octanol–water partition coefficient (Wildman–Crippen LogP) is 1.00. The molecule has 3 rings (SSSR count). The third-order valence-corrected chi connectivity index (χ3v) is 4.89. The van der Waals surface area contributed by atoms with E-state index in [-0.39, 0.29) is 22.4 Å². The zero-order valence-electron chi connectivity index (χ0n) is 15.4. The van der Waals surface area contributed by atoms with Gasteiger partial charge in [0, 0.05) is 50.9 Å². The van der Waals surface area contributed by atoms with Crippen LogP contribution in [0.2, 0.25) is 0 Å². The number of ether oxygens (including phenoxy) is 1. The molecule has 2 aliphatic rings. The van der Waals surface area contributed by atoms with Crippen LogP contribution < -0.4 is 5.56 Å². The number of nitrogens with zero attached hydrogens (tertiary/aromatic N) is 3. The number of H-pyrrole nitrogens is 1. The molecular weight excluding hydrogens is 320 g/mol. The summed E-state index contributed by atoms with van der Waals surface area (Å²) >= 11 is 0. The standard InChI is InChI=1S/C18H28N4O3/c1-18(2,3)17-19-11-14(15(23)20-17)16(24)22-8-6-21(7-9-22)12-13-5-4-10-25-13/h11,13H,4-10,12H2,1-3H3,(H,19,20,23). The van der Waals surface area contributed by atoms with Crippen LogP contribution in [0.3, 0.4) is 0 Å². The highest BCUT2D eigenvalue weighted by molar-refractivity contribution is 5.93. The second-order valence-electron chi connectivity index (χ2n) is 7.95. The zero-order chi connectivity index (χ0) is 18.0. The number of hydrogen-bond donors (Lipinski definition) is 1. The third-order valence-electron chi connectivity index (χ3n) is 4.89. The third kappa shape index (κ3) is 4.27. The summed E-state index contributed by atoms with van der Waals surface area (Å²) in [7, 11) is 0. The van der Waals surface area contributed by atoms with E-state index in [1.165, 1.54) is 6.20 Å². The van der Waals surface area contributed by atoms with Crippen molar-refractivity contribution >= 4 is 5.91 Å². The summed E-state index contributed by atoms with van der Waals surface area (Å²) in [6.45, 7) is 10.6. The van der Waals surface area contributed by atoms with Crippen LogP contribution in [0.15, 0.2) is 11.0 Å². The minimum Gasteiger partial charge on any atom is -0.377 e. The Hall–Kier alpha value is -1.73. The minimum absolute atomic E-state index is 0.126. The molecule has 1 N–H and O–H groups in total. The van der Waals surface area contributed by atoms with Gasteiger partial charge in [0.1, 0.15) is 11.4 Å². The summed E-state index contributed by atoms with van der Waals surface area (Å²) in [6.07, 6.45) is 4.02. The molecule has 0 saturated carbocycles. The van der Waals surface area contributed by atoms with E-state index in [0.717, 1.165) is 39.1 Å². The van der Waals surface area contributed by atoms with Crippen LogP contribution in [0.1, 0.15) is 49.8 Å². The van der Waals surface area contributed by atoms with Crippen LogP contribution in [-0.2, 0) is 10.2 Å². The molecule has 7 heteroatoms. The van der Waals surface area contributed by atoms with Crippen molar-refractivity contribution in [3.63, 3.8) is 0 Å². The zero-order valence-corrected chi connectivity index (χ0v) is 15.4. The highest BCUT2D eigenvalue weighted by atomic mass is 16.5. The van der Waals surface area contributed by atoms with Gasteiger partial charge in [-0.15, -0.1) is 0 Å². The Kier molecular flexibility index (Phi) is 5.24. The number of piperazine rings is 1. The summed E-state index contributed by atoms with van der Waals surface area (Å²) in [5.74, 6) is 0.362. The van der Waals surface area contributed by atoms with Crippen LogP contribution >= 0.6 is 0 Å². The average molecular weight is 348 g/mol. The minimum atomic E-state index is -0.355. The molecule has 3 heterocycles. The second-order valence-corrected chi connectivity index (χ2v) is 7.95. The maximum Gasteiger partial charge on any atom is 0.263 e. The van der Waals surface area contributed by atoms with Crippen molar-refractivity contribution in [2.75, 3.05) is 39.3 Å². The van der Waals surface area contributed by atoms with Crippen molar-refractivity contribution in [3.8, 4) is 0 Å². The molecule has 1 amide bonds. The maximum absolute atomic E-state index is 12.7. The molecule has 1 aromatic heterocycles. The van der Waals surface area contributed by atoms with Crippen molar-refractivity contribution in [2.45, 2.75) is 45.1 Å². The van der Waals surface area contributed by atoms with Gasteiger partial charge in [0.15, 0.2) is 0 Å². The summed E-state index contributed by atoms with van der Waals surface area (Å²) in [5, 5.41) is 0.